The van der Waals surface area contributed by atoms with Gasteiger partial charge in [0.1, 0.15) is 6.04 Å². The van der Waals surface area contributed by atoms with Crippen molar-refractivity contribution in [2.75, 3.05) is 6.61 Å². The van der Waals surface area contributed by atoms with Crippen molar-refractivity contribution >= 4 is 5.91 Å². The molecule has 0 bridgehead atoms. The summed E-state index contributed by atoms with van der Waals surface area (Å²) < 4.78 is 5.80. The van der Waals surface area contributed by atoms with Gasteiger partial charge in [-0.25, -0.2) is 10.9 Å². The largest absolute Gasteiger partial charge is 0.377 e. The maximum absolute atomic E-state index is 12.9. The zero-order valence-corrected chi connectivity index (χ0v) is 13.9. The molecule has 1 aromatic carbocycles. The van der Waals surface area contributed by atoms with E-state index >= 15 is 0 Å². The molecule has 3 fully saturated rings. The molecule has 1 aromatic rings. The molecular formula is C18H26N4O2. The van der Waals surface area contributed by atoms with Gasteiger partial charge in [-0.2, -0.15) is 0 Å². The Morgan fingerprint density at radius 2 is 2.12 bits per heavy atom. The van der Waals surface area contributed by atoms with Crippen LogP contribution < -0.4 is 21.9 Å². The lowest BCUT2D eigenvalue weighted by molar-refractivity contribution is -0.129. The van der Waals surface area contributed by atoms with Gasteiger partial charge >= 0.3 is 0 Å². The number of hydrazine groups is 1. The van der Waals surface area contributed by atoms with Crippen LogP contribution in [0.15, 0.2) is 30.3 Å². The summed E-state index contributed by atoms with van der Waals surface area (Å²) in [5.41, 5.74) is 13.4. The molecule has 6 nitrogen and oxygen atoms in total. The van der Waals surface area contributed by atoms with Gasteiger partial charge in [-0.3, -0.25) is 4.79 Å². The highest BCUT2D eigenvalue weighted by Crippen LogP contribution is 2.45. The maximum Gasteiger partial charge on any atom is 0.239 e. The number of hydrogen-bond donors (Lipinski definition) is 4. The van der Waals surface area contributed by atoms with E-state index in [4.69, 9.17) is 10.5 Å². The summed E-state index contributed by atoms with van der Waals surface area (Å²) in [5, 5.41) is 3.27. The van der Waals surface area contributed by atoms with Gasteiger partial charge in [-0.05, 0) is 18.4 Å². The van der Waals surface area contributed by atoms with Gasteiger partial charge in [-0.15, -0.1) is 0 Å². The molecule has 3 aliphatic rings. The SMILES string of the molecule is CC[C@H]1[C@H](NC(=O)C2NNC(N)C2c2ccccc2)[C@H]2CCO[C@H]21. The van der Waals surface area contributed by atoms with Crippen molar-refractivity contribution in [3.8, 4) is 0 Å². The minimum Gasteiger partial charge on any atom is -0.377 e. The monoisotopic (exact) mass is 330 g/mol. The van der Waals surface area contributed by atoms with Crippen molar-refractivity contribution < 1.29 is 9.53 Å². The van der Waals surface area contributed by atoms with E-state index in [1.165, 1.54) is 0 Å². The lowest BCUT2D eigenvalue weighted by Gasteiger charge is -2.48. The lowest BCUT2D eigenvalue weighted by Crippen LogP contribution is -2.63. The van der Waals surface area contributed by atoms with E-state index in [9.17, 15) is 4.79 Å². The zero-order valence-electron chi connectivity index (χ0n) is 13.9. The average molecular weight is 330 g/mol. The van der Waals surface area contributed by atoms with E-state index < -0.39 is 0 Å². The summed E-state index contributed by atoms with van der Waals surface area (Å²) in [6, 6.07) is 9.85. The van der Waals surface area contributed by atoms with Gasteiger partial charge in [0.15, 0.2) is 0 Å². The lowest BCUT2D eigenvalue weighted by atomic mass is 9.65. The normalized spacial score (nSPS) is 40.8. The molecule has 0 radical (unpaired) electrons. The summed E-state index contributed by atoms with van der Waals surface area (Å²) >= 11 is 0. The molecule has 7 atom stereocenters. The second-order valence-corrected chi connectivity index (χ2v) is 7.12. The minimum absolute atomic E-state index is 0.0260. The van der Waals surface area contributed by atoms with Crippen molar-refractivity contribution in [2.45, 2.75) is 50.0 Å². The van der Waals surface area contributed by atoms with E-state index in [1.54, 1.807) is 0 Å². The molecule has 0 spiro atoms. The van der Waals surface area contributed by atoms with E-state index in [0.717, 1.165) is 25.0 Å². The van der Waals surface area contributed by atoms with Crippen LogP contribution in [0, 0.1) is 11.8 Å². The van der Waals surface area contributed by atoms with Gasteiger partial charge < -0.3 is 15.8 Å². The molecule has 1 saturated carbocycles. The van der Waals surface area contributed by atoms with Crippen molar-refractivity contribution in [3.05, 3.63) is 35.9 Å². The van der Waals surface area contributed by atoms with Crippen LogP contribution in [0.2, 0.25) is 0 Å². The van der Waals surface area contributed by atoms with Crippen molar-refractivity contribution in [2.24, 2.45) is 17.6 Å². The number of amides is 1. The number of carbonyl (C=O) groups is 1. The fourth-order valence-corrected chi connectivity index (χ4v) is 4.66. The van der Waals surface area contributed by atoms with Gasteiger partial charge in [0, 0.05) is 30.4 Å². The molecule has 2 aliphatic heterocycles. The Labute approximate surface area is 142 Å². The molecule has 2 heterocycles. The van der Waals surface area contributed by atoms with Crippen LogP contribution in [0.3, 0.4) is 0 Å². The molecule has 6 heteroatoms. The van der Waals surface area contributed by atoms with Crippen LogP contribution >= 0.6 is 0 Å². The van der Waals surface area contributed by atoms with Crippen LogP contribution in [-0.2, 0) is 9.53 Å². The number of rotatable bonds is 4. The van der Waals surface area contributed by atoms with Crippen LogP contribution in [0.1, 0.15) is 31.2 Å². The maximum atomic E-state index is 12.9. The number of ether oxygens (including phenoxy) is 1. The quantitative estimate of drug-likeness (QED) is 0.644. The highest BCUT2D eigenvalue weighted by atomic mass is 16.5. The zero-order chi connectivity index (χ0) is 16.7. The Balaban J connectivity index is 1.47. The Bertz CT molecular complexity index is 596. The summed E-state index contributed by atoms with van der Waals surface area (Å²) in [6.07, 6.45) is 2.13. The molecule has 1 amide bonds. The van der Waals surface area contributed by atoms with Gasteiger partial charge in [0.25, 0.3) is 0 Å². The first kappa shape index (κ1) is 16.0. The van der Waals surface area contributed by atoms with Crippen LogP contribution in [0.25, 0.3) is 0 Å². The first-order valence-corrected chi connectivity index (χ1v) is 8.94. The minimum atomic E-state index is -0.360. The summed E-state index contributed by atoms with van der Waals surface area (Å²) in [4.78, 5) is 12.9. The Morgan fingerprint density at radius 3 is 2.88 bits per heavy atom. The number of carbonyl (C=O) groups excluding carboxylic acids is 1. The number of nitrogens with one attached hydrogen (secondary N) is 3. The molecule has 5 N–H and O–H groups in total. The Kier molecular flexibility index (Phi) is 4.30. The number of nitrogens with two attached hydrogens (primary N) is 1. The van der Waals surface area contributed by atoms with Crippen LogP contribution in [0.4, 0.5) is 0 Å². The topological polar surface area (TPSA) is 88.4 Å². The van der Waals surface area contributed by atoms with E-state index in [-0.39, 0.29) is 30.1 Å². The third-order valence-electron chi connectivity index (χ3n) is 5.93. The average Bonchev–Trinajstić information content (AvgIpc) is 3.18. The third kappa shape index (κ3) is 2.54. The van der Waals surface area contributed by atoms with Crippen molar-refractivity contribution in [1.82, 2.24) is 16.2 Å². The molecule has 1 aliphatic carbocycles. The van der Waals surface area contributed by atoms with E-state index in [0.29, 0.717) is 17.9 Å². The number of fused-ring (bicyclic) bond motifs is 1. The van der Waals surface area contributed by atoms with Crippen molar-refractivity contribution in [3.63, 3.8) is 0 Å². The molecular weight excluding hydrogens is 304 g/mol. The molecule has 130 valence electrons. The number of benzene rings is 1. The molecule has 24 heavy (non-hydrogen) atoms. The fourth-order valence-electron chi connectivity index (χ4n) is 4.66. The standard InChI is InChI=1S/C18H26N4O2/c1-2-11-14(12-8-9-24-16(11)12)20-18(23)15-13(17(19)22-21-15)10-6-4-3-5-7-10/h3-7,11-17,21-22H,2,8-9,19H2,1H3,(H,20,23)/t11-,12+,13?,14-,15?,16-,17?/m0/s1. The molecule has 0 aromatic heterocycles. The first-order chi connectivity index (χ1) is 11.7. The van der Waals surface area contributed by atoms with Gasteiger partial charge in [-0.1, -0.05) is 37.3 Å². The Morgan fingerprint density at radius 1 is 1.33 bits per heavy atom. The van der Waals surface area contributed by atoms with E-state index in [2.05, 4.69) is 23.1 Å². The molecule has 2 saturated heterocycles. The second-order valence-electron chi connectivity index (χ2n) is 7.12. The fraction of sp³-hybridized carbons (Fsp3) is 0.611. The summed E-state index contributed by atoms with van der Waals surface area (Å²) in [6.45, 7) is 2.98. The molecule has 4 rings (SSSR count). The predicted octanol–water partition coefficient (Wildman–Crippen LogP) is 0.461. The first-order valence-electron chi connectivity index (χ1n) is 8.94. The highest BCUT2D eigenvalue weighted by molar-refractivity contribution is 5.84. The van der Waals surface area contributed by atoms with E-state index in [1.807, 2.05) is 30.3 Å². The summed E-state index contributed by atoms with van der Waals surface area (Å²) in [7, 11) is 0. The number of hydrogen-bond acceptors (Lipinski definition) is 5. The summed E-state index contributed by atoms with van der Waals surface area (Å²) in [5.74, 6) is 0.844. The third-order valence-corrected chi connectivity index (χ3v) is 5.93. The highest BCUT2D eigenvalue weighted by Gasteiger charge is 2.54. The van der Waals surface area contributed by atoms with Gasteiger partial charge in [0.2, 0.25) is 5.91 Å². The smallest absolute Gasteiger partial charge is 0.239 e. The second kappa shape index (κ2) is 6.44. The predicted molar refractivity (Wildman–Crippen MR) is 90.8 cm³/mol. The van der Waals surface area contributed by atoms with Crippen LogP contribution in [0.5, 0.6) is 0 Å². The van der Waals surface area contributed by atoms with Crippen LogP contribution in [-0.4, -0.2) is 36.9 Å². The van der Waals surface area contributed by atoms with Gasteiger partial charge in [0.05, 0.1) is 12.3 Å². The van der Waals surface area contributed by atoms with Crippen molar-refractivity contribution in [1.29, 1.82) is 0 Å². The Hall–Kier alpha value is -1.47. The molecule has 3 unspecified atom stereocenters.